The minimum Gasteiger partial charge on any atom is -0.490 e. The molecule has 706 valence electrons. The average Bonchev–Trinajstić information content (AvgIpc) is 1.74. The van der Waals surface area contributed by atoms with Crippen molar-refractivity contribution >= 4 is 173 Å². The Morgan fingerprint density at radius 2 is 0.803 bits per heavy atom. The number of nitrogens with one attached hydrogen (secondary N) is 7. The Bertz CT molecular complexity index is 7210. The minimum atomic E-state index is -4.67. The van der Waals surface area contributed by atoms with E-state index in [0.29, 0.717) is 100 Å². The first-order valence-corrected chi connectivity index (χ1v) is 43.0. The van der Waals surface area contributed by atoms with E-state index in [1.165, 1.54) is 103 Å². The number of alkyl halides is 3. The average molecular weight is 1970 g/mol. The van der Waals surface area contributed by atoms with Crippen molar-refractivity contribution in [1.82, 2.24) is 123 Å². The summed E-state index contributed by atoms with van der Waals surface area (Å²) in [5, 5.41) is 42.1. The quantitative estimate of drug-likeness (QED) is 0.0300. The zero-order chi connectivity index (χ0) is 96.5. The molecule has 5 amide bonds. The van der Waals surface area contributed by atoms with Crippen molar-refractivity contribution in [3.63, 3.8) is 0 Å². The molecule has 4 fully saturated rings. The fourth-order valence-corrected chi connectivity index (χ4v) is 15.0. The number of carbonyl (C=O) groups excluding carboxylic acids is 5. The van der Waals surface area contributed by atoms with Crippen molar-refractivity contribution < 1.29 is 60.8 Å². The molecule has 1 aliphatic carbocycles. The van der Waals surface area contributed by atoms with Crippen molar-refractivity contribution in [2.75, 3.05) is 129 Å². The standard InChI is InChI=1S/C18H18ClN7O2.C17H17ClF3N7O2.C17H18ClN7O2.C17H12ClN7O2.C15H14ClN7O2/c19-10-5-23-16-14(15(20)25-26(16)7-10)17(27)24-12-6-21-2-1-13(12)28-11-3-18(4-11)8-22-9-18;1-27(2)3-4-30-11-5-12(17(19,20)21)23-7-10(11)25-16(29)13-14(22)26-28-8-9(18)6-24-15(13)28;1-24-5-3-11(9-24)27-13-2-4-20-7-12(13)22-17(26)14-15(19)23-25-8-10(18)6-21-16(14)25;18-10-6-22-16-14(15(19)24-25(16)9-10)17(26)23-12-8-21-5-3-13(12)27-11-2-1-4-20-7-11;16-8-3-20-14-12(13(17)22-23(14)7-8)15(24)21-10-6-18-2-1-11(10)25-9-4-19-5-9/h1-2,5-7,11,22H,3-4,8-9H2,(H2,20,25)(H,24,27);5-8H,3-4H2,1-2H3,(H2,22,26)(H,25,29);2,4,6-8,11H,3,5,9H2,1H3,(H2,19,23)(H,22,26);1-9H,(H2,19,24)(H,23,26);1-3,6-7,9,19H,4-5H2,(H2,17,22)(H,21,24)/t;;11-;;/m..0../s1. The van der Waals surface area contributed by atoms with E-state index in [1.807, 2.05) is 7.05 Å². The lowest BCUT2D eigenvalue weighted by molar-refractivity contribution is -0.141. The van der Waals surface area contributed by atoms with Gasteiger partial charge in [-0.15, -0.1) is 25.5 Å². The number of nitrogens with zero attached hydrogens (tertiary/aromatic N) is 23. The van der Waals surface area contributed by atoms with Gasteiger partial charge in [-0.25, -0.2) is 52.5 Å². The Balaban J connectivity index is 0.000000124. The van der Waals surface area contributed by atoms with Gasteiger partial charge >= 0.3 is 6.18 Å². The highest BCUT2D eigenvalue weighted by Crippen LogP contribution is 2.47. The number of hydrogen-bond acceptors (Lipinski definition) is 35. The number of likely N-dealkylation sites (N-methyl/N-ethyl adjacent to an activating group) is 2. The van der Waals surface area contributed by atoms with E-state index in [4.69, 9.17) is 110 Å². The highest BCUT2D eigenvalue weighted by molar-refractivity contribution is 6.32. The van der Waals surface area contributed by atoms with Crippen LogP contribution in [-0.4, -0.2) is 234 Å². The number of hydrogen-bond donors (Lipinski definition) is 12. The Morgan fingerprint density at radius 1 is 0.453 bits per heavy atom. The van der Waals surface area contributed by atoms with Crippen LogP contribution in [0.15, 0.2) is 173 Å². The molecule has 3 aliphatic heterocycles. The normalized spacial score (nSPS) is 14.4. The third-order valence-corrected chi connectivity index (χ3v) is 21.9. The molecule has 1 spiro atoms. The first-order chi connectivity index (χ1) is 65.8. The molecule has 20 rings (SSSR count). The Labute approximate surface area is 796 Å². The number of nitrogens with two attached hydrogens (primary N) is 5. The number of halogens is 8. The van der Waals surface area contributed by atoms with Crippen LogP contribution < -0.4 is 89.6 Å². The van der Waals surface area contributed by atoms with Crippen LogP contribution in [0.25, 0.3) is 28.2 Å². The molecule has 3 saturated heterocycles. The number of carbonyl (C=O) groups is 5. The second-order valence-corrected chi connectivity index (χ2v) is 33.4. The van der Waals surface area contributed by atoms with Gasteiger partial charge in [-0.05, 0) is 52.5 Å². The van der Waals surface area contributed by atoms with Crippen LogP contribution in [0.2, 0.25) is 25.1 Å². The summed E-state index contributed by atoms with van der Waals surface area (Å²) in [6.45, 7) is 5.99. The van der Waals surface area contributed by atoms with E-state index >= 15 is 0 Å². The van der Waals surface area contributed by atoms with E-state index in [-0.39, 0.29) is 110 Å². The molecule has 0 unspecified atom stereocenters. The molecule has 0 radical (unpaired) electrons. The minimum absolute atomic E-state index is 0.0286. The molecule has 1 atom stereocenters. The first kappa shape index (κ1) is 94.6. The van der Waals surface area contributed by atoms with Gasteiger partial charge in [0.1, 0.15) is 116 Å². The number of anilines is 10. The van der Waals surface area contributed by atoms with E-state index in [9.17, 15) is 37.1 Å². The summed E-state index contributed by atoms with van der Waals surface area (Å²) >= 11 is 29.5. The maximum Gasteiger partial charge on any atom is 0.433 e. The number of amides is 5. The number of likely N-dealkylation sites (tertiary alicyclic amines) is 1. The summed E-state index contributed by atoms with van der Waals surface area (Å²) in [6, 6.07) is 11.0. The molecule has 17 N–H and O–H groups in total. The number of fused-ring (bicyclic) bond motifs is 5. The maximum absolute atomic E-state index is 13.0. The topological polar surface area (TPSA) is 581 Å². The van der Waals surface area contributed by atoms with Crippen LogP contribution in [0.4, 0.5) is 70.7 Å². The lowest BCUT2D eigenvalue weighted by Crippen LogP contribution is -2.62. The predicted molar refractivity (Wildman–Crippen MR) is 499 cm³/mol. The lowest BCUT2D eigenvalue weighted by Gasteiger charge is -2.53. The molecule has 45 nitrogen and oxygen atoms in total. The summed E-state index contributed by atoms with van der Waals surface area (Å²) < 4.78 is 75.0. The molecule has 53 heteroatoms. The molecule has 19 heterocycles. The second kappa shape index (κ2) is 41.1. The third kappa shape index (κ3) is 22.3. The number of ether oxygens (including phenoxy) is 5. The monoisotopic (exact) mass is 1970 g/mol. The molecular weight excluding hydrogens is 1890 g/mol. The third-order valence-electron chi connectivity index (χ3n) is 20.9. The SMILES string of the molecule is CN(C)CCOc1cc(C(F)(F)F)ncc1NC(=O)c1c(N)nn2cc(Cl)cnc12.CN1CC[C@H](Oc2ccncc2NC(=O)c2c(N)nn3cc(Cl)cnc23)C1.Nc1nn2cc(Cl)cnc2c1C(=O)Nc1cnccc1OC1CC2(CNC2)C1.Nc1nn2cc(Cl)cnc2c1C(=O)Nc1cnccc1OC1CNC1.Nc1nn2cc(Cl)cnc2c1C(=O)Nc1cnccc1Oc1cccnc1. The number of aromatic nitrogens is 21. The van der Waals surface area contributed by atoms with E-state index in [1.54, 1.807) is 98.8 Å². The van der Waals surface area contributed by atoms with Gasteiger partial charge in [-0.1, -0.05) is 58.0 Å². The van der Waals surface area contributed by atoms with E-state index in [2.05, 4.69) is 122 Å². The highest BCUT2D eigenvalue weighted by atomic mass is 35.5. The molecule has 0 bridgehead atoms. The lowest BCUT2D eigenvalue weighted by atomic mass is 9.63. The Kier molecular flexibility index (Phi) is 28.4. The smallest absolute Gasteiger partial charge is 0.433 e. The van der Waals surface area contributed by atoms with Gasteiger partial charge in [-0.2, -0.15) is 13.2 Å². The summed E-state index contributed by atoms with van der Waals surface area (Å²) in [4.78, 5) is 112. The van der Waals surface area contributed by atoms with Crippen molar-refractivity contribution in [2.24, 2.45) is 5.41 Å². The van der Waals surface area contributed by atoms with Gasteiger partial charge in [0.05, 0.1) is 93.3 Å². The van der Waals surface area contributed by atoms with Crippen LogP contribution in [0.3, 0.4) is 0 Å². The van der Waals surface area contributed by atoms with Crippen LogP contribution in [-0.2, 0) is 6.18 Å². The predicted octanol–water partition coefficient (Wildman–Crippen LogP) is 9.77. The Morgan fingerprint density at radius 3 is 1.12 bits per heavy atom. The zero-order valence-corrected chi connectivity index (χ0v) is 75.7. The van der Waals surface area contributed by atoms with Crippen molar-refractivity contribution in [1.29, 1.82) is 0 Å². The van der Waals surface area contributed by atoms with Gasteiger partial charge in [0, 0.05) is 144 Å². The molecule has 4 aliphatic rings. The summed E-state index contributed by atoms with van der Waals surface area (Å²) in [7, 11) is 5.62. The van der Waals surface area contributed by atoms with Gasteiger partial charge < -0.3 is 99.4 Å². The fourth-order valence-electron chi connectivity index (χ4n) is 14.3. The first-order valence-electron chi connectivity index (χ1n) is 41.2. The van der Waals surface area contributed by atoms with Gasteiger partial charge in [-0.3, -0.25) is 48.9 Å². The molecule has 1 saturated carbocycles. The van der Waals surface area contributed by atoms with Crippen LogP contribution in [0, 0.1) is 5.41 Å². The van der Waals surface area contributed by atoms with E-state index in [0.717, 1.165) is 70.8 Å². The maximum atomic E-state index is 13.0. The number of nitrogen functional groups attached to an aromatic ring is 5. The molecular formula is C84H79Cl5F3N35O10. The summed E-state index contributed by atoms with van der Waals surface area (Å²) in [5.41, 5.74) is 32.3. The van der Waals surface area contributed by atoms with Crippen LogP contribution >= 0.6 is 58.0 Å². The Hall–Kier alpha value is -15.6. The van der Waals surface area contributed by atoms with Crippen molar-refractivity contribution in [3.8, 4) is 34.5 Å². The van der Waals surface area contributed by atoms with Gasteiger partial charge in [0.2, 0.25) is 0 Å². The highest BCUT2D eigenvalue weighted by Gasteiger charge is 2.50. The van der Waals surface area contributed by atoms with Gasteiger partial charge in [0.15, 0.2) is 63.1 Å². The molecule has 16 aromatic heterocycles. The van der Waals surface area contributed by atoms with Crippen molar-refractivity contribution in [3.05, 3.63) is 231 Å². The largest absolute Gasteiger partial charge is 0.490 e. The van der Waals surface area contributed by atoms with Crippen LogP contribution in [0.1, 0.15) is 76.7 Å². The molecule has 137 heavy (non-hydrogen) atoms. The van der Waals surface area contributed by atoms with Crippen molar-refractivity contribution in [2.45, 2.75) is 43.8 Å². The molecule has 16 aromatic rings. The summed E-state index contributed by atoms with van der Waals surface area (Å²) in [5.74, 6) is -0.0612. The zero-order valence-electron chi connectivity index (χ0n) is 72.0. The summed E-state index contributed by atoms with van der Waals surface area (Å²) in [6.07, 6.45) is 29.7. The molecule has 0 aromatic carbocycles. The van der Waals surface area contributed by atoms with Gasteiger partial charge in [0.25, 0.3) is 29.5 Å². The van der Waals surface area contributed by atoms with E-state index < -0.39 is 41.4 Å². The number of pyridine rings is 6. The fraction of sp³-hybridized carbons (Fsp3) is 0.226. The van der Waals surface area contributed by atoms with Crippen LogP contribution in [0.5, 0.6) is 34.5 Å². The number of rotatable bonds is 22. The second-order valence-electron chi connectivity index (χ2n) is 31.2.